The Kier molecular flexibility index (Phi) is 9.64. The van der Waals surface area contributed by atoms with Crippen LogP contribution < -0.4 is 9.62 Å². The number of hydrogen-bond donors (Lipinski definition) is 1. The summed E-state index contributed by atoms with van der Waals surface area (Å²) in [5.41, 5.74) is 1.13. The van der Waals surface area contributed by atoms with Gasteiger partial charge in [-0.2, -0.15) is 0 Å². The van der Waals surface area contributed by atoms with Crippen molar-refractivity contribution in [1.29, 1.82) is 0 Å². The van der Waals surface area contributed by atoms with Crippen molar-refractivity contribution in [2.24, 2.45) is 0 Å². The Bertz CT molecular complexity index is 1150. The van der Waals surface area contributed by atoms with Gasteiger partial charge in [0.1, 0.15) is 12.6 Å². The van der Waals surface area contributed by atoms with Gasteiger partial charge in [0.05, 0.1) is 11.9 Å². The summed E-state index contributed by atoms with van der Waals surface area (Å²) < 4.78 is 26.1. The molecule has 0 spiro atoms. The molecule has 2 amide bonds. The number of sulfonamides is 1. The smallest absolute Gasteiger partial charge is 0.244 e. The number of amides is 2. The van der Waals surface area contributed by atoms with Gasteiger partial charge < -0.3 is 10.2 Å². The number of rotatable bonds is 11. The van der Waals surface area contributed by atoms with Crippen molar-refractivity contribution in [1.82, 2.24) is 10.2 Å². The fourth-order valence-corrected chi connectivity index (χ4v) is 4.32. The van der Waals surface area contributed by atoms with Gasteiger partial charge in [-0.1, -0.05) is 48.9 Å². The molecule has 2 aromatic rings. The van der Waals surface area contributed by atoms with E-state index in [1.807, 2.05) is 6.92 Å². The van der Waals surface area contributed by atoms with Crippen molar-refractivity contribution < 1.29 is 22.8 Å². The Hall–Kier alpha value is -2.91. The highest BCUT2D eigenvalue weighted by molar-refractivity contribution is 7.92. The molecule has 0 aliphatic heterocycles. The summed E-state index contributed by atoms with van der Waals surface area (Å²) in [6.45, 7) is 4.79. The Balaban J connectivity index is 2.42. The normalized spacial score (nSPS) is 12.0. The molecule has 1 unspecified atom stereocenters. The van der Waals surface area contributed by atoms with Crippen LogP contribution in [-0.4, -0.2) is 56.3 Å². The fourth-order valence-electron chi connectivity index (χ4n) is 3.28. The van der Waals surface area contributed by atoms with Crippen molar-refractivity contribution in [3.63, 3.8) is 0 Å². The van der Waals surface area contributed by atoms with Crippen molar-refractivity contribution in [2.45, 2.75) is 39.8 Å². The van der Waals surface area contributed by atoms with Crippen LogP contribution in [0.1, 0.15) is 43.1 Å². The van der Waals surface area contributed by atoms with Crippen LogP contribution in [0.5, 0.6) is 0 Å². The summed E-state index contributed by atoms with van der Waals surface area (Å²) in [5, 5.41) is 3.19. The summed E-state index contributed by atoms with van der Waals surface area (Å²) in [5.74, 6) is -1.17. The zero-order valence-corrected chi connectivity index (χ0v) is 21.3. The van der Waals surface area contributed by atoms with Crippen molar-refractivity contribution >= 4 is 44.9 Å². The molecule has 2 aromatic carbocycles. The second kappa shape index (κ2) is 12.0. The highest BCUT2D eigenvalue weighted by atomic mass is 35.5. The monoisotopic (exact) mass is 507 g/mol. The van der Waals surface area contributed by atoms with Crippen LogP contribution >= 0.6 is 11.6 Å². The first-order valence-corrected chi connectivity index (χ1v) is 13.1. The summed E-state index contributed by atoms with van der Waals surface area (Å²) in [6, 6.07) is 12.1. The molecular formula is C24H30ClN3O5S. The minimum atomic E-state index is -3.88. The third-order valence-electron chi connectivity index (χ3n) is 5.23. The van der Waals surface area contributed by atoms with Gasteiger partial charge in [0.15, 0.2) is 5.78 Å². The van der Waals surface area contributed by atoms with Gasteiger partial charge >= 0.3 is 0 Å². The number of ketones is 1. The third kappa shape index (κ3) is 7.30. The highest BCUT2D eigenvalue weighted by Crippen LogP contribution is 2.22. The summed E-state index contributed by atoms with van der Waals surface area (Å²) in [4.78, 5) is 39.2. The number of carbonyl (C=O) groups is 3. The number of benzene rings is 2. The summed E-state index contributed by atoms with van der Waals surface area (Å²) >= 11 is 6.29. The average Bonchev–Trinajstić information content (AvgIpc) is 2.79. The molecule has 0 aromatic heterocycles. The molecule has 0 saturated carbocycles. The predicted octanol–water partition coefficient (Wildman–Crippen LogP) is 3.25. The first kappa shape index (κ1) is 27.3. The number of hydrogen-bond acceptors (Lipinski definition) is 5. The topological polar surface area (TPSA) is 104 Å². The van der Waals surface area contributed by atoms with E-state index in [-0.39, 0.29) is 23.9 Å². The Morgan fingerprint density at radius 3 is 2.35 bits per heavy atom. The lowest BCUT2D eigenvalue weighted by Gasteiger charge is -2.31. The maximum atomic E-state index is 13.5. The molecule has 0 bridgehead atoms. The van der Waals surface area contributed by atoms with Crippen LogP contribution in [0, 0.1) is 0 Å². The quantitative estimate of drug-likeness (QED) is 0.470. The second-order valence-corrected chi connectivity index (χ2v) is 10.3. The second-order valence-electron chi connectivity index (χ2n) is 7.96. The van der Waals surface area contributed by atoms with E-state index in [1.165, 1.54) is 24.0 Å². The standard InChI is InChI=1S/C24H30ClN3O5S/c1-5-13-26-24(31)17(2)27(15-20-9-6-7-12-22(20)25)23(30)16-28(34(4,32)33)21-11-8-10-19(14-21)18(3)29/h6-12,14,17H,5,13,15-16H2,1-4H3,(H,26,31). The van der Waals surface area contributed by atoms with E-state index in [0.717, 1.165) is 17.0 Å². The average molecular weight is 508 g/mol. The van der Waals surface area contributed by atoms with E-state index in [2.05, 4.69) is 5.32 Å². The lowest BCUT2D eigenvalue weighted by molar-refractivity contribution is -0.139. The number of nitrogens with one attached hydrogen (secondary N) is 1. The molecule has 34 heavy (non-hydrogen) atoms. The number of nitrogens with zero attached hydrogens (tertiary/aromatic N) is 2. The van der Waals surface area contributed by atoms with Gasteiger partial charge in [-0.05, 0) is 44.0 Å². The molecule has 0 fully saturated rings. The van der Waals surface area contributed by atoms with Crippen molar-refractivity contribution in [3.8, 4) is 0 Å². The maximum Gasteiger partial charge on any atom is 0.244 e. The van der Waals surface area contributed by atoms with E-state index >= 15 is 0 Å². The molecule has 2 rings (SSSR count). The van der Waals surface area contributed by atoms with Crippen LogP contribution in [0.2, 0.25) is 5.02 Å². The van der Waals surface area contributed by atoms with E-state index in [1.54, 1.807) is 43.3 Å². The van der Waals surface area contributed by atoms with Gasteiger partial charge in [-0.3, -0.25) is 18.7 Å². The van der Waals surface area contributed by atoms with Gasteiger partial charge in [-0.15, -0.1) is 0 Å². The molecule has 0 aliphatic rings. The molecule has 10 heteroatoms. The van der Waals surface area contributed by atoms with E-state index in [9.17, 15) is 22.8 Å². The van der Waals surface area contributed by atoms with E-state index in [0.29, 0.717) is 22.7 Å². The van der Waals surface area contributed by atoms with E-state index in [4.69, 9.17) is 11.6 Å². The Labute approximate surface area is 205 Å². The highest BCUT2D eigenvalue weighted by Gasteiger charge is 2.30. The van der Waals surface area contributed by atoms with Crippen LogP contribution in [0.25, 0.3) is 0 Å². The van der Waals surface area contributed by atoms with Gasteiger partial charge in [0.2, 0.25) is 21.8 Å². The van der Waals surface area contributed by atoms with Crippen molar-refractivity contribution in [2.75, 3.05) is 23.7 Å². The number of carbonyl (C=O) groups excluding carboxylic acids is 3. The first-order chi connectivity index (χ1) is 16.0. The van der Waals surface area contributed by atoms with Crippen LogP contribution in [-0.2, 0) is 26.2 Å². The van der Waals surface area contributed by atoms with Gasteiger partial charge in [0, 0.05) is 23.7 Å². The molecule has 0 radical (unpaired) electrons. The predicted molar refractivity (Wildman–Crippen MR) is 133 cm³/mol. The number of Topliss-reactive ketones (excluding diaryl/α,β-unsaturated/α-hetero) is 1. The minimum Gasteiger partial charge on any atom is -0.354 e. The van der Waals surface area contributed by atoms with Crippen LogP contribution in [0.3, 0.4) is 0 Å². The fraction of sp³-hybridized carbons (Fsp3) is 0.375. The first-order valence-electron chi connectivity index (χ1n) is 10.8. The van der Waals surface area contributed by atoms with Crippen LogP contribution in [0.15, 0.2) is 48.5 Å². The van der Waals surface area contributed by atoms with Gasteiger partial charge in [-0.25, -0.2) is 8.42 Å². The molecule has 8 nitrogen and oxygen atoms in total. The third-order valence-corrected chi connectivity index (χ3v) is 6.74. The maximum absolute atomic E-state index is 13.5. The molecule has 1 N–H and O–H groups in total. The zero-order valence-electron chi connectivity index (χ0n) is 19.7. The molecule has 1 atom stereocenters. The lowest BCUT2D eigenvalue weighted by Crippen LogP contribution is -2.51. The molecule has 184 valence electrons. The Morgan fingerprint density at radius 2 is 1.76 bits per heavy atom. The van der Waals surface area contributed by atoms with Gasteiger partial charge in [0.25, 0.3) is 0 Å². The SMILES string of the molecule is CCCNC(=O)C(C)N(Cc1ccccc1Cl)C(=O)CN(c1cccc(C(C)=O)c1)S(C)(=O)=O. The molecule has 0 heterocycles. The summed E-state index contributed by atoms with van der Waals surface area (Å²) in [7, 11) is -3.88. The van der Waals surface area contributed by atoms with Crippen molar-refractivity contribution in [3.05, 3.63) is 64.7 Å². The Morgan fingerprint density at radius 1 is 1.09 bits per heavy atom. The van der Waals surface area contributed by atoms with E-state index < -0.39 is 28.5 Å². The number of anilines is 1. The molecule has 0 aliphatic carbocycles. The minimum absolute atomic E-state index is 0.0182. The molecule has 0 saturated heterocycles. The number of halogens is 1. The summed E-state index contributed by atoms with van der Waals surface area (Å²) in [6.07, 6.45) is 1.71. The largest absolute Gasteiger partial charge is 0.354 e. The zero-order chi connectivity index (χ0) is 25.5. The lowest BCUT2D eigenvalue weighted by atomic mass is 10.1. The van der Waals surface area contributed by atoms with Crippen LogP contribution in [0.4, 0.5) is 5.69 Å². The molecular weight excluding hydrogens is 478 g/mol.